The van der Waals surface area contributed by atoms with E-state index in [1.54, 1.807) is 24.3 Å². The average Bonchev–Trinajstić information content (AvgIpc) is 2.28. The van der Waals surface area contributed by atoms with Gasteiger partial charge in [0.2, 0.25) is 0 Å². The lowest BCUT2D eigenvalue weighted by molar-refractivity contribution is -0.131. The van der Waals surface area contributed by atoms with Crippen LogP contribution in [0.2, 0.25) is 0 Å². The van der Waals surface area contributed by atoms with Crippen LogP contribution in [-0.4, -0.2) is 22.5 Å². The number of carbonyl (C=O) groups is 1. The van der Waals surface area contributed by atoms with Crippen molar-refractivity contribution in [1.82, 2.24) is 0 Å². The molecule has 0 heterocycles. The molecule has 16 heavy (non-hydrogen) atoms. The van der Waals surface area contributed by atoms with E-state index in [0.29, 0.717) is 11.3 Å². The van der Waals surface area contributed by atoms with Gasteiger partial charge in [0.1, 0.15) is 0 Å². The van der Waals surface area contributed by atoms with Crippen molar-refractivity contribution in [1.29, 1.82) is 0 Å². The first kappa shape index (κ1) is 12.4. The summed E-state index contributed by atoms with van der Waals surface area (Å²) in [4.78, 5) is 10.2. The average molecular weight is 241 g/mol. The lowest BCUT2D eigenvalue weighted by Crippen LogP contribution is -1.86. The van der Waals surface area contributed by atoms with Gasteiger partial charge in [-0.1, -0.05) is 12.1 Å². The zero-order valence-corrected chi connectivity index (χ0v) is 9.13. The van der Waals surface area contributed by atoms with E-state index < -0.39 is 20.3 Å². The second-order valence-electron chi connectivity index (χ2n) is 2.81. The van der Waals surface area contributed by atoms with Crippen LogP contribution >= 0.6 is 8.03 Å². The molecule has 0 saturated heterocycles. The number of aliphatic hydroxyl groups is 1. The third-order valence-electron chi connectivity index (χ3n) is 1.62. The van der Waals surface area contributed by atoms with Crippen LogP contribution in [0.25, 0.3) is 6.08 Å². The van der Waals surface area contributed by atoms with Crippen LogP contribution in [0.15, 0.2) is 30.3 Å². The number of rotatable bonds is 5. The molecule has 6 heteroatoms. The standard InChI is InChI=1S/C10H9O5P/c11-7-16(14)15-9-4-1-8(2-5-9)3-6-10(12)13/h1-6,11H,7H2/p+1. The Hall–Kier alpha value is -1.71. The van der Waals surface area contributed by atoms with E-state index in [0.717, 1.165) is 6.08 Å². The van der Waals surface area contributed by atoms with E-state index in [9.17, 15) is 9.36 Å². The molecule has 0 bridgehead atoms. The molecule has 1 unspecified atom stereocenters. The molecule has 0 amide bonds. The van der Waals surface area contributed by atoms with Crippen LogP contribution in [0.4, 0.5) is 0 Å². The van der Waals surface area contributed by atoms with E-state index in [1.165, 1.54) is 6.08 Å². The first-order valence-corrected chi connectivity index (χ1v) is 5.72. The second-order valence-corrected chi connectivity index (χ2v) is 3.94. The number of aliphatic hydroxyl groups excluding tert-OH is 1. The fourth-order valence-corrected chi connectivity index (χ4v) is 1.37. The summed E-state index contributed by atoms with van der Waals surface area (Å²) in [7, 11) is -2.09. The Bertz CT molecular complexity index is 410. The van der Waals surface area contributed by atoms with Crippen LogP contribution < -0.4 is 4.52 Å². The highest BCUT2D eigenvalue weighted by molar-refractivity contribution is 7.39. The molecule has 0 spiro atoms. The predicted octanol–water partition coefficient (Wildman–Crippen LogP) is 1.86. The Morgan fingerprint density at radius 1 is 1.38 bits per heavy atom. The quantitative estimate of drug-likeness (QED) is 0.607. The van der Waals surface area contributed by atoms with Gasteiger partial charge in [0.25, 0.3) is 6.35 Å². The van der Waals surface area contributed by atoms with E-state index in [2.05, 4.69) is 0 Å². The first-order valence-electron chi connectivity index (χ1n) is 4.36. The molecule has 0 aliphatic carbocycles. The highest BCUT2D eigenvalue weighted by atomic mass is 31.1. The Balaban J connectivity index is 2.68. The van der Waals surface area contributed by atoms with Gasteiger partial charge in [0, 0.05) is 6.08 Å². The summed E-state index contributed by atoms with van der Waals surface area (Å²) in [5, 5.41) is 16.9. The smallest absolute Gasteiger partial charge is 0.478 e. The van der Waals surface area contributed by atoms with Gasteiger partial charge in [-0.15, -0.1) is 0 Å². The van der Waals surface area contributed by atoms with Gasteiger partial charge in [-0.05, 0) is 28.3 Å². The van der Waals surface area contributed by atoms with Crippen LogP contribution in [0.5, 0.6) is 5.75 Å². The van der Waals surface area contributed by atoms with Gasteiger partial charge in [-0.2, -0.15) is 0 Å². The van der Waals surface area contributed by atoms with Crippen molar-refractivity contribution < 1.29 is 24.1 Å². The Morgan fingerprint density at radius 3 is 2.50 bits per heavy atom. The van der Waals surface area contributed by atoms with Crippen molar-refractivity contribution in [2.75, 3.05) is 6.35 Å². The first-order chi connectivity index (χ1) is 7.61. The molecule has 0 aliphatic heterocycles. The number of benzene rings is 1. The maximum Gasteiger partial charge on any atom is 0.585 e. The highest BCUT2D eigenvalue weighted by Gasteiger charge is 2.15. The van der Waals surface area contributed by atoms with Gasteiger partial charge in [-0.3, -0.25) is 4.52 Å². The normalized spacial score (nSPS) is 11.4. The van der Waals surface area contributed by atoms with E-state index in [-0.39, 0.29) is 0 Å². The fourth-order valence-electron chi connectivity index (χ4n) is 0.954. The van der Waals surface area contributed by atoms with Crippen LogP contribution in [0, 0.1) is 0 Å². The summed E-state index contributed by atoms with van der Waals surface area (Å²) in [6.07, 6.45) is 1.91. The molecule has 1 aromatic rings. The third-order valence-corrected chi connectivity index (χ3v) is 2.27. The molecule has 5 nitrogen and oxygen atoms in total. The second kappa shape index (κ2) is 6.00. The van der Waals surface area contributed by atoms with Crippen molar-refractivity contribution in [3.05, 3.63) is 35.9 Å². The molecule has 1 rings (SSSR count). The number of hydrogen-bond donors (Lipinski definition) is 2. The fraction of sp³-hybridized carbons (Fsp3) is 0.100. The van der Waals surface area contributed by atoms with Gasteiger partial charge in [-0.25, -0.2) is 4.79 Å². The zero-order chi connectivity index (χ0) is 12.0. The topological polar surface area (TPSA) is 83.8 Å². The molecule has 0 saturated carbocycles. The number of aliphatic carboxylic acids is 1. The molecular weight excluding hydrogens is 231 g/mol. The van der Waals surface area contributed by atoms with Gasteiger partial charge < -0.3 is 10.2 Å². The largest absolute Gasteiger partial charge is 0.585 e. The Labute approximate surface area is 92.9 Å². The van der Waals surface area contributed by atoms with E-state index >= 15 is 0 Å². The number of carboxylic acids is 1. The molecule has 1 aromatic carbocycles. The van der Waals surface area contributed by atoms with Crippen molar-refractivity contribution in [2.45, 2.75) is 0 Å². The minimum Gasteiger partial charge on any atom is -0.478 e. The predicted molar refractivity (Wildman–Crippen MR) is 58.4 cm³/mol. The molecule has 1 atom stereocenters. The SMILES string of the molecule is O=C(O)C=Cc1ccc(O[P+](=O)CO)cc1. The maximum absolute atomic E-state index is 10.9. The molecular formula is C10H10O5P+. The summed E-state index contributed by atoms with van der Waals surface area (Å²) in [5.41, 5.74) is 0.689. The van der Waals surface area contributed by atoms with Gasteiger partial charge in [0.15, 0.2) is 5.75 Å². The van der Waals surface area contributed by atoms with Crippen molar-refractivity contribution in [3.8, 4) is 5.75 Å². The maximum atomic E-state index is 10.9. The lowest BCUT2D eigenvalue weighted by Gasteiger charge is -1.94. The monoisotopic (exact) mass is 241 g/mol. The van der Waals surface area contributed by atoms with Crippen molar-refractivity contribution >= 4 is 20.1 Å². The molecule has 84 valence electrons. The molecule has 0 aliphatic rings. The van der Waals surface area contributed by atoms with Gasteiger partial charge in [0.05, 0.1) is 0 Å². The van der Waals surface area contributed by atoms with Gasteiger partial charge >= 0.3 is 14.0 Å². The summed E-state index contributed by atoms with van der Waals surface area (Å²) in [6, 6.07) is 6.33. The summed E-state index contributed by atoms with van der Waals surface area (Å²) in [5.74, 6) is -0.661. The molecule has 2 N–H and O–H groups in total. The summed E-state index contributed by atoms with van der Waals surface area (Å²) < 4.78 is 15.7. The highest BCUT2D eigenvalue weighted by Crippen LogP contribution is 2.25. The Morgan fingerprint density at radius 2 is 2.00 bits per heavy atom. The van der Waals surface area contributed by atoms with Crippen molar-refractivity contribution in [3.63, 3.8) is 0 Å². The Kier molecular flexibility index (Phi) is 4.64. The molecule has 0 radical (unpaired) electrons. The van der Waals surface area contributed by atoms with Crippen molar-refractivity contribution in [2.24, 2.45) is 0 Å². The molecule has 0 fully saturated rings. The van der Waals surface area contributed by atoms with Crippen LogP contribution in [0.3, 0.4) is 0 Å². The van der Waals surface area contributed by atoms with E-state index in [4.69, 9.17) is 14.7 Å². The van der Waals surface area contributed by atoms with Crippen LogP contribution in [0.1, 0.15) is 5.56 Å². The zero-order valence-electron chi connectivity index (χ0n) is 8.24. The third kappa shape index (κ3) is 4.21. The minimum absolute atomic E-state index is 0.364. The summed E-state index contributed by atoms with van der Waals surface area (Å²) >= 11 is 0. The number of carboxylic acid groups (broad SMARTS) is 1. The minimum atomic E-state index is -2.09. The lowest BCUT2D eigenvalue weighted by atomic mass is 10.2. The summed E-state index contributed by atoms with van der Waals surface area (Å²) in [6.45, 7) is 0. The number of hydrogen-bond acceptors (Lipinski definition) is 4. The van der Waals surface area contributed by atoms with Crippen LogP contribution in [-0.2, 0) is 9.36 Å². The molecule has 0 aromatic heterocycles. The van der Waals surface area contributed by atoms with E-state index in [1.807, 2.05) is 0 Å².